The summed E-state index contributed by atoms with van der Waals surface area (Å²) in [6, 6.07) is 16.9. The van der Waals surface area contributed by atoms with Gasteiger partial charge in [0.1, 0.15) is 0 Å². The third kappa shape index (κ3) is 6.62. The summed E-state index contributed by atoms with van der Waals surface area (Å²) < 4.78 is 0. The standard InChI is InChI=1S/C24H16Cl4N2O2/c25-19-6-2-7-20(26)17(19)10-12-23(31)29-15-4-1-5-16(14-15)30-24(32)13-11-18-21(27)8-3-9-22(18)28/h1-14H,(H,29,31)(H,30,32)/b12-10+,13-11+. The minimum atomic E-state index is -0.377. The van der Waals surface area contributed by atoms with Gasteiger partial charge in [-0.3, -0.25) is 9.59 Å². The van der Waals surface area contributed by atoms with Crippen molar-refractivity contribution in [1.82, 2.24) is 0 Å². The normalized spacial score (nSPS) is 11.1. The predicted octanol–water partition coefficient (Wildman–Crippen LogP) is 7.60. The number of anilines is 2. The summed E-state index contributed by atoms with van der Waals surface area (Å²) in [5.41, 5.74) is 2.11. The van der Waals surface area contributed by atoms with Gasteiger partial charge in [-0.2, -0.15) is 0 Å². The van der Waals surface area contributed by atoms with Crippen LogP contribution < -0.4 is 10.6 Å². The maximum atomic E-state index is 12.3. The summed E-state index contributed by atoms with van der Waals surface area (Å²) in [6.07, 6.45) is 5.73. The van der Waals surface area contributed by atoms with Gasteiger partial charge >= 0.3 is 0 Å². The molecule has 0 aliphatic rings. The van der Waals surface area contributed by atoms with Gasteiger partial charge in [-0.15, -0.1) is 0 Å². The average Bonchev–Trinajstić information content (AvgIpc) is 2.73. The van der Waals surface area contributed by atoms with Crippen LogP contribution in [0.15, 0.2) is 72.8 Å². The molecule has 0 radical (unpaired) electrons. The molecular weight excluding hydrogens is 490 g/mol. The first kappa shape index (κ1) is 23.9. The summed E-state index contributed by atoms with van der Waals surface area (Å²) in [6.45, 7) is 0. The Morgan fingerprint density at radius 3 is 1.31 bits per heavy atom. The van der Waals surface area contributed by atoms with Crippen molar-refractivity contribution < 1.29 is 9.59 Å². The average molecular weight is 506 g/mol. The highest BCUT2D eigenvalue weighted by molar-refractivity contribution is 6.37. The summed E-state index contributed by atoms with van der Waals surface area (Å²) in [5, 5.41) is 7.21. The SMILES string of the molecule is O=C(/C=C/c1c(Cl)cccc1Cl)Nc1cccc(NC(=O)/C=C/c2c(Cl)cccc2Cl)c1. The molecule has 0 fully saturated rings. The molecule has 0 aliphatic heterocycles. The largest absolute Gasteiger partial charge is 0.322 e. The van der Waals surface area contributed by atoms with Gasteiger partial charge in [-0.25, -0.2) is 0 Å². The molecule has 3 aromatic rings. The molecule has 2 amide bonds. The predicted molar refractivity (Wildman–Crippen MR) is 135 cm³/mol. The molecule has 0 aliphatic carbocycles. The first-order chi connectivity index (χ1) is 15.3. The number of amides is 2. The van der Waals surface area contributed by atoms with E-state index in [0.29, 0.717) is 42.6 Å². The highest BCUT2D eigenvalue weighted by Crippen LogP contribution is 2.26. The molecule has 0 atom stereocenters. The zero-order chi connectivity index (χ0) is 23.1. The van der Waals surface area contributed by atoms with Crippen molar-refractivity contribution in [3.05, 3.63) is 104 Å². The third-order valence-corrected chi connectivity index (χ3v) is 5.52. The van der Waals surface area contributed by atoms with E-state index in [1.807, 2.05) is 0 Å². The van der Waals surface area contributed by atoms with E-state index in [0.717, 1.165) is 0 Å². The molecule has 0 unspecified atom stereocenters. The molecule has 4 nitrogen and oxygen atoms in total. The fraction of sp³-hybridized carbons (Fsp3) is 0. The maximum absolute atomic E-state index is 12.3. The summed E-state index contributed by atoms with van der Waals surface area (Å²) in [4.78, 5) is 24.5. The van der Waals surface area contributed by atoms with Gasteiger partial charge < -0.3 is 10.6 Å². The molecule has 0 heterocycles. The first-order valence-electron chi connectivity index (χ1n) is 9.29. The summed E-state index contributed by atoms with van der Waals surface area (Å²) in [7, 11) is 0. The van der Waals surface area contributed by atoms with Crippen LogP contribution in [0.25, 0.3) is 12.2 Å². The Kier molecular flexibility index (Phi) is 8.37. The van der Waals surface area contributed by atoms with Gasteiger partial charge in [0.15, 0.2) is 0 Å². The Hall–Kier alpha value is -2.76. The second kappa shape index (κ2) is 11.2. The summed E-state index contributed by atoms with van der Waals surface area (Å²) >= 11 is 24.4. The van der Waals surface area contributed by atoms with E-state index in [1.165, 1.54) is 24.3 Å². The maximum Gasteiger partial charge on any atom is 0.248 e. The molecule has 0 aromatic heterocycles. The number of benzene rings is 3. The number of carbonyl (C=O) groups is 2. The lowest BCUT2D eigenvalue weighted by molar-refractivity contribution is -0.112. The Morgan fingerprint density at radius 1 is 0.594 bits per heavy atom. The van der Waals surface area contributed by atoms with Crippen LogP contribution in [0.1, 0.15) is 11.1 Å². The smallest absolute Gasteiger partial charge is 0.248 e. The van der Waals surface area contributed by atoms with Gasteiger partial charge in [0.25, 0.3) is 0 Å². The van der Waals surface area contributed by atoms with Crippen molar-refractivity contribution in [1.29, 1.82) is 0 Å². The second-order valence-corrected chi connectivity index (χ2v) is 8.13. The van der Waals surface area contributed by atoms with Gasteiger partial charge in [0.05, 0.1) is 0 Å². The molecule has 0 saturated heterocycles. The van der Waals surface area contributed by atoms with Crippen molar-refractivity contribution in [2.45, 2.75) is 0 Å². The zero-order valence-corrected chi connectivity index (χ0v) is 19.4. The molecule has 0 saturated carbocycles. The second-order valence-electron chi connectivity index (χ2n) is 6.50. The van der Waals surface area contributed by atoms with Crippen LogP contribution in [0, 0.1) is 0 Å². The van der Waals surface area contributed by atoms with E-state index >= 15 is 0 Å². The number of carbonyl (C=O) groups excluding carboxylic acids is 2. The lowest BCUT2D eigenvalue weighted by atomic mass is 10.2. The van der Waals surface area contributed by atoms with E-state index in [2.05, 4.69) is 10.6 Å². The van der Waals surface area contributed by atoms with Crippen LogP contribution in [-0.4, -0.2) is 11.8 Å². The van der Waals surface area contributed by atoms with Crippen LogP contribution in [0.4, 0.5) is 11.4 Å². The molecule has 0 spiro atoms. The monoisotopic (exact) mass is 504 g/mol. The van der Waals surface area contributed by atoms with Crippen molar-refractivity contribution in [3.63, 3.8) is 0 Å². The van der Waals surface area contributed by atoms with Crippen LogP contribution in [0.2, 0.25) is 20.1 Å². The van der Waals surface area contributed by atoms with Gasteiger partial charge in [0, 0.05) is 54.7 Å². The zero-order valence-electron chi connectivity index (χ0n) is 16.4. The van der Waals surface area contributed by atoms with Gasteiger partial charge in [0.2, 0.25) is 11.8 Å². The number of rotatable bonds is 6. The fourth-order valence-electron chi connectivity index (χ4n) is 2.70. The Morgan fingerprint density at radius 2 is 0.938 bits per heavy atom. The number of nitrogens with one attached hydrogen (secondary N) is 2. The quantitative estimate of drug-likeness (QED) is 0.339. The lowest BCUT2D eigenvalue weighted by Gasteiger charge is -2.07. The van der Waals surface area contributed by atoms with Crippen molar-refractivity contribution >= 4 is 81.7 Å². The van der Waals surface area contributed by atoms with E-state index in [-0.39, 0.29) is 11.8 Å². The van der Waals surface area contributed by atoms with Crippen LogP contribution in [0.3, 0.4) is 0 Å². The summed E-state index contributed by atoms with van der Waals surface area (Å²) in [5.74, 6) is -0.754. The minimum absolute atomic E-state index is 0.377. The molecular formula is C24H16Cl4N2O2. The Bertz CT molecular complexity index is 1090. The highest BCUT2D eigenvalue weighted by Gasteiger charge is 2.06. The Labute approximate surface area is 205 Å². The lowest BCUT2D eigenvalue weighted by Crippen LogP contribution is -2.10. The number of hydrogen-bond donors (Lipinski definition) is 2. The van der Waals surface area contributed by atoms with Crippen LogP contribution in [0.5, 0.6) is 0 Å². The molecule has 3 rings (SSSR count). The highest BCUT2D eigenvalue weighted by atomic mass is 35.5. The molecule has 0 bridgehead atoms. The van der Waals surface area contributed by atoms with Crippen molar-refractivity contribution in [2.24, 2.45) is 0 Å². The van der Waals surface area contributed by atoms with Gasteiger partial charge in [-0.1, -0.05) is 64.6 Å². The first-order valence-corrected chi connectivity index (χ1v) is 10.8. The Balaban J connectivity index is 1.64. The molecule has 2 N–H and O–H groups in total. The molecule has 8 heteroatoms. The van der Waals surface area contributed by atoms with E-state index < -0.39 is 0 Å². The van der Waals surface area contributed by atoms with Crippen molar-refractivity contribution in [2.75, 3.05) is 10.6 Å². The molecule has 162 valence electrons. The van der Waals surface area contributed by atoms with Crippen LogP contribution in [-0.2, 0) is 9.59 Å². The molecule has 32 heavy (non-hydrogen) atoms. The minimum Gasteiger partial charge on any atom is -0.322 e. The fourth-order valence-corrected chi connectivity index (χ4v) is 3.75. The third-order valence-electron chi connectivity index (χ3n) is 4.20. The van der Waals surface area contributed by atoms with Crippen molar-refractivity contribution in [3.8, 4) is 0 Å². The van der Waals surface area contributed by atoms with E-state index in [4.69, 9.17) is 46.4 Å². The number of hydrogen-bond acceptors (Lipinski definition) is 2. The van der Waals surface area contributed by atoms with E-state index in [9.17, 15) is 9.59 Å². The van der Waals surface area contributed by atoms with Gasteiger partial charge in [-0.05, 0) is 54.6 Å². The topological polar surface area (TPSA) is 58.2 Å². The molecule has 3 aromatic carbocycles. The van der Waals surface area contributed by atoms with E-state index in [1.54, 1.807) is 60.7 Å². The van der Waals surface area contributed by atoms with Crippen LogP contribution >= 0.6 is 46.4 Å². The number of halogens is 4.